The summed E-state index contributed by atoms with van der Waals surface area (Å²) < 4.78 is 18.6. The molecule has 0 N–H and O–H groups in total. The number of fused-ring (bicyclic) bond motifs is 14. The molecular formula is C111H112N5OS+5. The minimum absolute atomic E-state index is 0.0287. The molecule has 1 fully saturated rings. The number of rotatable bonds is 4. The molecular weight excluding hydrogens is 1450 g/mol. The maximum Gasteiger partial charge on any atom is 0.221 e. The predicted octanol–water partition coefficient (Wildman–Crippen LogP) is 26.4. The van der Waals surface area contributed by atoms with Gasteiger partial charge >= 0.3 is 0 Å². The summed E-state index contributed by atoms with van der Waals surface area (Å²) in [6.45, 7) is 37.6. The molecule has 588 valence electrons. The molecule has 7 heteroatoms. The van der Waals surface area contributed by atoms with E-state index in [9.17, 15) is 0 Å². The summed E-state index contributed by atoms with van der Waals surface area (Å²) in [4.78, 5) is 0. The van der Waals surface area contributed by atoms with Crippen LogP contribution in [0.15, 0.2) is 234 Å². The molecule has 0 aliphatic heterocycles. The topological polar surface area (TPSA) is 32.5 Å². The largest absolute Gasteiger partial charge is 0.464 e. The molecule has 1 saturated carbocycles. The Morgan fingerprint density at radius 1 is 0.314 bits per heavy atom. The minimum atomic E-state index is 0.0287. The van der Waals surface area contributed by atoms with Crippen LogP contribution in [-0.4, -0.2) is 0 Å². The highest BCUT2D eigenvalue weighted by atomic mass is 32.1. The van der Waals surface area contributed by atoms with Crippen molar-refractivity contribution in [3.63, 3.8) is 0 Å². The molecule has 0 amide bonds. The van der Waals surface area contributed by atoms with Gasteiger partial charge in [-0.25, -0.2) is 0 Å². The standard InChI is InChI=1S/C24H26N.C23H22N.C22H24N.C21H20NO.C21H20NS/c1-14-5-8-20-19(9-14)11-16(3)25(4)24(20)21-13-23-18-7-6-17(12-18)22(23)10-15(21)2;1-15-9-10-21-20(11-15)13-17(3)24(4)23(21)22-14-19-8-6-5-7-18(19)12-16(22)2;1-13-10-16-12-15(3)23(6)21-19-14(2)8-7-9-17(19)22(4,5)18(11-13)20(16)21;2*1-13-5-6-18-17(9-13)11-15(3)22(4)21(18)19-12-20-16(7-8-23-20)10-14(19)2/h5,8-11,13,17-18H,6-7,12H2,1-4H3;5-14H,1-4H3;7-12H,1-6H3;2*5-12H,1-4H3/q5*+1. The fourth-order valence-corrected chi connectivity index (χ4v) is 20.8. The van der Waals surface area contributed by atoms with E-state index in [2.05, 4.69) is 393 Å². The van der Waals surface area contributed by atoms with E-state index in [4.69, 9.17) is 4.42 Å². The number of thiophene rings is 1. The Morgan fingerprint density at radius 2 is 0.720 bits per heavy atom. The van der Waals surface area contributed by atoms with E-state index in [1.807, 2.05) is 17.4 Å². The molecule has 118 heavy (non-hydrogen) atoms. The number of hydrogen-bond acceptors (Lipinski definition) is 2. The van der Waals surface area contributed by atoms with Crippen molar-refractivity contribution in [3.8, 4) is 56.3 Å². The van der Waals surface area contributed by atoms with Crippen molar-refractivity contribution in [2.24, 2.45) is 35.2 Å². The minimum Gasteiger partial charge on any atom is -0.464 e. The lowest BCUT2D eigenvalue weighted by atomic mass is 9.68. The van der Waals surface area contributed by atoms with E-state index in [1.165, 1.54) is 246 Å². The highest BCUT2D eigenvalue weighted by Crippen LogP contribution is 2.55. The lowest BCUT2D eigenvalue weighted by Gasteiger charge is -2.34. The highest BCUT2D eigenvalue weighted by Gasteiger charge is 2.40. The van der Waals surface area contributed by atoms with E-state index in [-0.39, 0.29) is 5.41 Å². The van der Waals surface area contributed by atoms with Gasteiger partial charge < -0.3 is 4.42 Å². The summed E-state index contributed by atoms with van der Waals surface area (Å²) in [6, 6.07) is 81.4. The third-order valence-corrected chi connectivity index (χ3v) is 27.7. The molecule has 2 atom stereocenters. The van der Waals surface area contributed by atoms with Crippen LogP contribution in [0.4, 0.5) is 0 Å². The van der Waals surface area contributed by atoms with Crippen LogP contribution in [0.5, 0.6) is 0 Å². The number of aryl methyl sites for hydroxylation is 15. The van der Waals surface area contributed by atoms with Crippen LogP contribution in [-0.2, 0) is 40.7 Å². The van der Waals surface area contributed by atoms with Gasteiger partial charge in [-0.05, 0) is 272 Å². The third kappa shape index (κ3) is 13.9. The van der Waals surface area contributed by atoms with Crippen LogP contribution < -0.4 is 22.8 Å². The maximum atomic E-state index is 5.63. The van der Waals surface area contributed by atoms with Gasteiger partial charge in [0, 0.05) is 80.5 Å². The number of hydrogen-bond donors (Lipinski definition) is 0. The smallest absolute Gasteiger partial charge is 0.221 e. The fraction of sp³-hybridized carbons (Fsp3) is 0.252. The Hall–Kier alpha value is -11.8. The second kappa shape index (κ2) is 30.6. The summed E-state index contributed by atoms with van der Waals surface area (Å²) in [5.41, 5.74) is 40.2. The zero-order valence-corrected chi connectivity index (χ0v) is 74.1. The first kappa shape index (κ1) is 78.7. The van der Waals surface area contributed by atoms with E-state index in [1.54, 1.807) is 17.4 Å². The predicted molar refractivity (Wildman–Crippen MR) is 498 cm³/mol. The normalized spacial score (nSPS) is 14.2. The fourth-order valence-electron chi connectivity index (χ4n) is 20.0. The van der Waals surface area contributed by atoms with Gasteiger partial charge in [-0.2, -0.15) is 22.8 Å². The number of aromatic nitrogens is 5. The highest BCUT2D eigenvalue weighted by molar-refractivity contribution is 7.17. The molecule has 2 bridgehead atoms. The Labute approximate surface area is 701 Å². The number of benzene rings is 11. The van der Waals surface area contributed by atoms with Gasteiger partial charge in [-0.15, -0.1) is 11.3 Å². The van der Waals surface area contributed by atoms with E-state index in [0.29, 0.717) is 0 Å². The van der Waals surface area contributed by atoms with Crippen molar-refractivity contribution in [2.45, 2.75) is 154 Å². The monoisotopic (exact) mass is 1560 g/mol. The van der Waals surface area contributed by atoms with Crippen molar-refractivity contribution in [1.82, 2.24) is 0 Å². The van der Waals surface area contributed by atoms with Crippen LogP contribution in [0.1, 0.15) is 151 Å². The summed E-state index contributed by atoms with van der Waals surface area (Å²) in [5.74, 6) is 1.64. The molecule has 3 aliphatic carbocycles. The van der Waals surface area contributed by atoms with E-state index >= 15 is 0 Å². The van der Waals surface area contributed by atoms with Gasteiger partial charge in [0.25, 0.3) is 0 Å². The Balaban J connectivity index is 0.000000106. The second-order valence-electron chi connectivity index (χ2n) is 35.5. The molecule has 0 radical (unpaired) electrons. The Kier molecular flexibility index (Phi) is 20.4. The molecule has 2 unspecified atom stereocenters. The van der Waals surface area contributed by atoms with Crippen LogP contribution >= 0.6 is 11.3 Å². The van der Waals surface area contributed by atoms with Gasteiger partial charge in [0.1, 0.15) is 40.8 Å². The average Bonchev–Trinajstić information content (AvgIpc) is 0.904. The Bertz CT molecular complexity index is 7030. The van der Waals surface area contributed by atoms with Crippen molar-refractivity contribution < 1.29 is 27.3 Å². The summed E-state index contributed by atoms with van der Waals surface area (Å²) in [7, 11) is 10.9. The number of nitrogens with zero attached hydrogens (tertiary/aromatic N) is 5. The molecule has 3 aliphatic rings. The van der Waals surface area contributed by atoms with Crippen LogP contribution in [0, 0.1) is 104 Å². The van der Waals surface area contributed by atoms with Crippen molar-refractivity contribution in [3.05, 3.63) is 336 Å². The average molecular weight is 1560 g/mol. The first-order valence-electron chi connectivity index (χ1n) is 42.2. The molecule has 7 heterocycles. The second-order valence-corrected chi connectivity index (χ2v) is 36.4. The van der Waals surface area contributed by atoms with Crippen LogP contribution in [0.25, 0.3) is 142 Å². The SMILES string of the molecule is Cc1cc2c3c([n+](C)c(C)cc3c1)-c1c(C)cccc1C2(C)C.Cc1ccc2c(-c3cc4c(cc3C)C3CCC4C3)[n+](C)c(C)cc2c1.Cc1ccc2c(-c3cc4ccccc4cc3C)[n+](C)c(C)cc2c1.Cc1ccc2c(-c3cc4occc4cc3C)[n+](C)c(C)cc2c1.Cc1ccc2c(-c3cc4sccc4cc3C)[n+](C)c(C)cc2c1. The summed E-state index contributed by atoms with van der Waals surface area (Å²) in [6.07, 6.45) is 5.93. The molecule has 7 aromatic heterocycles. The van der Waals surface area contributed by atoms with Gasteiger partial charge in [0.2, 0.25) is 28.5 Å². The molecule has 21 rings (SSSR count). The quantitative estimate of drug-likeness (QED) is 0.162. The zero-order valence-electron chi connectivity index (χ0n) is 73.3. The van der Waals surface area contributed by atoms with E-state index in [0.717, 1.165) is 22.8 Å². The van der Waals surface area contributed by atoms with Crippen LogP contribution in [0.3, 0.4) is 0 Å². The number of pyridine rings is 5. The summed E-state index contributed by atoms with van der Waals surface area (Å²) >= 11 is 1.81. The lowest BCUT2D eigenvalue weighted by Crippen LogP contribution is -2.38. The summed E-state index contributed by atoms with van der Waals surface area (Å²) in [5, 5.41) is 20.6. The van der Waals surface area contributed by atoms with Gasteiger partial charge in [-0.1, -0.05) is 157 Å². The lowest BCUT2D eigenvalue weighted by molar-refractivity contribution is -0.665. The molecule has 0 saturated heterocycles. The molecule has 11 aromatic carbocycles. The van der Waals surface area contributed by atoms with Gasteiger partial charge in [0.15, 0.2) is 28.5 Å². The third-order valence-electron chi connectivity index (χ3n) is 26.9. The van der Waals surface area contributed by atoms with Crippen molar-refractivity contribution in [2.75, 3.05) is 0 Å². The molecule has 18 aromatic rings. The van der Waals surface area contributed by atoms with Crippen LogP contribution in [0.2, 0.25) is 0 Å². The number of furan rings is 1. The molecule has 0 spiro atoms. The Morgan fingerprint density at radius 3 is 1.22 bits per heavy atom. The first-order valence-corrected chi connectivity index (χ1v) is 43.1. The van der Waals surface area contributed by atoms with E-state index < -0.39 is 0 Å². The van der Waals surface area contributed by atoms with Crippen molar-refractivity contribution >= 4 is 97.0 Å². The zero-order chi connectivity index (χ0) is 82.9. The first-order chi connectivity index (χ1) is 56.5. The van der Waals surface area contributed by atoms with Gasteiger partial charge in [-0.3, -0.25) is 0 Å². The molecule has 6 nitrogen and oxygen atoms in total. The maximum absolute atomic E-state index is 5.63. The van der Waals surface area contributed by atoms with Crippen molar-refractivity contribution in [1.29, 1.82) is 0 Å². The van der Waals surface area contributed by atoms with Gasteiger partial charge in [0.05, 0.1) is 61.0 Å².